The molecule has 0 saturated heterocycles. The number of hydrogen-bond acceptors (Lipinski definition) is 2. The van der Waals surface area contributed by atoms with Gasteiger partial charge in [0.1, 0.15) is 0 Å². The summed E-state index contributed by atoms with van der Waals surface area (Å²) in [6.45, 7) is 2.87. The molecule has 1 aromatic rings. The van der Waals surface area contributed by atoms with Crippen LogP contribution in [0.5, 0.6) is 0 Å². The average molecular weight is 303 g/mol. The van der Waals surface area contributed by atoms with Gasteiger partial charge in [-0.05, 0) is 38.1 Å². The van der Waals surface area contributed by atoms with Crippen molar-refractivity contribution in [3.8, 4) is 0 Å². The summed E-state index contributed by atoms with van der Waals surface area (Å²) in [5.74, 6) is -1.13. The van der Waals surface area contributed by atoms with Gasteiger partial charge in [0.15, 0.2) is 0 Å². The van der Waals surface area contributed by atoms with Crippen molar-refractivity contribution in [1.29, 1.82) is 0 Å². The first-order valence-corrected chi connectivity index (χ1v) is 7.70. The molecule has 1 saturated carbocycles. The molecule has 1 heterocycles. The van der Waals surface area contributed by atoms with Crippen LogP contribution in [0.15, 0.2) is 12.4 Å². The highest BCUT2D eigenvalue weighted by Gasteiger charge is 2.43. The fourth-order valence-corrected chi connectivity index (χ4v) is 3.28. The molecule has 2 rings (SSSR count). The van der Waals surface area contributed by atoms with Gasteiger partial charge in [0.2, 0.25) is 0 Å². The van der Waals surface area contributed by atoms with Gasteiger partial charge in [0.05, 0.1) is 12.1 Å². The third-order valence-corrected chi connectivity index (χ3v) is 4.35. The van der Waals surface area contributed by atoms with E-state index in [1.54, 1.807) is 10.9 Å². The molecule has 0 amide bonds. The van der Waals surface area contributed by atoms with E-state index in [2.05, 4.69) is 17.3 Å². The Morgan fingerprint density at radius 3 is 2.76 bits per heavy atom. The summed E-state index contributed by atoms with van der Waals surface area (Å²) in [5.41, 5.74) is 0.999. The van der Waals surface area contributed by atoms with E-state index in [1.165, 1.54) is 0 Å². The lowest BCUT2D eigenvalue weighted by atomic mass is 9.76. The summed E-state index contributed by atoms with van der Waals surface area (Å²) in [4.78, 5) is 0. The number of nitrogens with one attached hydrogen (secondary N) is 1. The largest absolute Gasteiger partial charge is 0.391 e. The Bertz CT molecular complexity index is 442. The third kappa shape index (κ3) is 4.22. The van der Waals surface area contributed by atoms with Gasteiger partial charge in [-0.25, -0.2) is 0 Å². The molecule has 1 N–H and O–H groups in total. The van der Waals surface area contributed by atoms with Gasteiger partial charge in [0.25, 0.3) is 0 Å². The van der Waals surface area contributed by atoms with Crippen molar-refractivity contribution in [2.75, 3.05) is 6.54 Å². The van der Waals surface area contributed by atoms with Crippen molar-refractivity contribution in [3.05, 3.63) is 18.0 Å². The summed E-state index contributed by atoms with van der Waals surface area (Å²) < 4.78 is 40.7. The molecule has 1 aliphatic rings. The van der Waals surface area contributed by atoms with E-state index in [4.69, 9.17) is 0 Å². The van der Waals surface area contributed by atoms with Gasteiger partial charge < -0.3 is 5.32 Å². The Labute approximate surface area is 123 Å². The molecule has 0 spiro atoms. The molecular formula is C15H24F3N3. The predicted octanol–water partition coefficient (Wildman–Crippen LogP) is 3.83. The summed E-state index contributed by atoms with van der Waals surface area (Å²) in [6.07, 6.45) is 2.57. The van der Waals surface area contributed by atoms with Crippen molar-refractivity contribution < 1.29 is 13.2 Å². The lowest BCUT2D eigenvalue weighted by Gasteiger charge is -2.35. The van der Waals surface area contributed by atoms with Crippen LogP contribution in [-0.4, -0.2) is 22.5 Å². The van der Waals surface area contributed by atoms with Crippen LogP contribution in [0.4, 0.5) is 13.2 Å². The highest BCUT2D eigenvalue weighted by Crippen LogP contribution is 2.43. The molecule has 0 aromatic carbocycles. The maximum absolute atomic E-state index is 13.0. The quantitative estimate of drug-likeness (QED) is 0.896. The molecule has 1 aromatic heterocycles. The van der Waals surface area contributed by atoms with E-state index in [1.807, 2.05) is 13.2 Å². The minimum Gasteiger partial charge on any atom is -0.310 e. The summed E-state index contributed by atoms with van der Waals surface area (Å²) >= 11 is 0. The minimum atomic E-state index is -4.07. The zero-order valence-corrected chi connectivity index (χ0v) is 12.7. The first-order chi connectivity index (χ1) is 9.91. The van der Waals surface area contributed by atoms with Gasteiger partial charge in [-0.3, -0.25) is 4.68 Å². The Balaban J connectivity index is 2.12. The van der Waals surface area contributed by atoms with E-state index >= 15 is 0 Å². The molecule has 21 heavy (non-hydrogen) atoms. The standard InChI is InChI=1S/C15H24F3N3/c1-3-7-19-14(12-9-20-21(2)10-12)11-5-4-6-13(8-11)15(16,17)18/h9-11,13-14,19H,3-8H2,1-2H3. The lowest BCUT2D eigenvalue weighted by molar-refractivity contribution is -0.186. The van der Waals surface area contributed by atoms with E-state index in [9.17, 15) is 13.2 Å². The van der Waals surface area contributed by atoms with E-state index in [0.29, 0.717) is 6.42 Å². The van der Waals surface area contributed by atoms with Crippen LogP contribution in [-0.2, 0) is 7.05 Å². The molecule has 3 nitrogen and oxygen atoms in total. The van der Waals surface area contributed by atoms with Gasteiger partial charge in [-0.2, -0.15) is 18.3 Å². The van der Waals surface area contributed by atoms with Gasteiger partial charge in [0, 0.05) is 24.8 Å². The van der Waals surface area contributed by atoms with Crippen molar-refractivity contribution in [2.45, 2.75) is 51.2 Å². The monoisotopic (exact) mass is 303 g/mol. The van der Waals surface area contributed by atoms with Crippen LogP contribution in [0, 0.1) is 11.8 Å². The third-order valence-electron chi connectivity index (χ3n) is 4.35. The SMILES string of the molecule is CCCNC(c1cnn(C)c1)C1CCCC(C(F)(F)F)C1. The minimum absolute atomic E-state index is 0.0243. The molecule has 0 bridgehead atoms. The second kappa shape index (κ2) is 6.81. The predicted molar refractivity (Wildman–Crippen MR) is 75.7 cm³/mol. The van der Waals surface area contributed by atoms with Crippen molar-refractivity contribution in [1.82, 2.24) is 15.1 Å². The molecule has 120 valence electrons. The van der Waals surface area contributed by atoms with Gasteiger partial charge in [-0.15, -0.1) is 0 Å². The first-order valence-electron chi connectivity index (χ1n) is 7.70. The van der Waals surface area contributed by atoms with Crippen LogP contribution >= 0.6 is 0 Å². The van der Waals surface area contributed by atoms with Crippen molar-refractivity contribution in [2.24, 2.45) is 18.9 Å². The lowest BCUT2D eigenvalue weighted by Crippen LogP contribution is -2.36. The Morgan fingerprint density at radius 1 is 1.43 bits per heavy atom. The fraction of sp³-hybridized carbons (Fsp3) is 0.800. The normalized spacial score (nSPS) is 25.0. The Hall–Kier alpha value is -1.04. The topological polar surface area (TPSA) is 29.9 Å². The van der Waals surface area contributed by atoms with Gasteiger partial charge >= 0.3 is 6.18 Å². The number of alkyl halides is 3. The number of halogens is 3. The smallest absolute Gasteiger partial charge is 0.310 e. The van der Waals surface area contributed by atoms with Crippen LogP contribution in [0.3, 0.4) is 0 Å². The molecule has 3 unspecified atom stereocenters. The molecule has 0 radical (unpaired) electrons. The van der Waals surface area contributed by atoms with Crippen molar-refractivity contribution in [3.63, 3.8) is 0 Å². The Kier molecular flexibility index (Phi) is 5.30. The Morgan fingerprint density at radius 2 is 2.19 bits per heavy atom. The number of aryl methyl sites for hydroxylation is 1. The summed E-state index contributed by atoms with van der Waals surface area (Å²) in [5, 5.41) is 7.58. The van der Waals surface area contributed by atoms with Gasteiger partial charge in [-0.1, -0.05) is 13.3 Å². The van der Waals surface area contributed by atoms with E-state index in [0.717, 1.165) is 24.9 Å². The highest BCUT2D eigenvalue weighted by molar-refractivity contribution is 5.12. The first kappa shape index (κ1) is 16.3. The number of aromatic nitrogens is 2. The highest BCUT2D eigenvalue weighted by atomic mass is 19.4. The van der Waals surface area contributed by atoms with E-state index < -0.39 is 12.1 Å². The molecule has 1 aliphatic carbocycles. The van der Waals surface area contributed by atoms with Crippen LogP contribution in [0.25, 0.3) is 0 Å². The van der Waals surface area contributed by atoms with E-state index in [-0.39, 0.29) is 24.8 Å². The summed E-state index contributed by atoms with van der Waals surface area (Å²) in [6, 6.07) is -0.0243. The average Bonchev–Trinajstić information content (AvgIpc) is 2.85. The maximum Gasteiger partial charge on any atom is 0.391 e. The molecular weight excluding hydrogens is 279 g/mol. The second-order valence-corrected chi connectivity index (χ2v) is 6.04. The van der Waals surface area contributed by atoms with Crippen LogP contribution in [0.1, 0.15) is 50.6 Å². The summed E-state index contributed by atoms with van der Waals surface area (Å²) in [7, 11) is 1.83. The zero-order valence-electron chi connectivity index (χ0n) is 12.7. The van der Waals surface area contributed by atoms with Crippen LogP contribution < -0.4 is 5.32 Å². The number of nitrogens with zero attached hydrogens (tertiary/aromatic N) is 2. The number of rotatable bonds is 5. The fourth-order valence-electron chi connectivity index (χ4n) is 3.28. The number of hydrogen-bond donors (Lipinski definition) is 1. The molecule has 3 atom stereocenters. The molecule has 1 fully saturated rings. The molecule has 0 aliphatic heterocycles. The maximum atomic E-state index is 13.0. The zero-order chi connectivity index (χ0) is 15.5. The molecule has 6 heteroatoms. The van der Waals surface area contributed by atoms with Crippen LogP contribution in [0.2, 0.25) is 0 Å². The van der Waals surface area contributed by atoms with Crippen molar-refractivity contribution >= 4 is 0 Å². The second-order valence-electron chi connectivity index (χ2n) is 6.04.